The summed E-state index contributed by atoms with van der Waals surface area (Å²) >= 11 is 0. The number of likely N-dealkylation sites (tertiary alicyclic amines) is 1. The molecule has 7 nitrogen and oxygen atoms in total. The second kappa shape index (κ2) is 8.42. The molecule has 26 heavy (non-hydrogen) atoms. The van der Waals surface area contributed by atoms with Crippen LogP contribution in [0.5, 0.6) is 0 Å². The number of rotatable bonds is 6. The molecule has 7 heteroatoms. The standard InChI is InChI=1S/C19H26N4O3/c1-13-16(14(2)26-22-13)11-23-9-7-17(18(24)12-23)21-19(25)6-5-15-4-3-8-20-10-15/h3-4,8,10,17-18,24H,5-7,9,11-12H2,1-2H3,(H,21,25)/t17-,18-/m1/s1. The Morgan fingerprint density at radius 3 is 2.96 bits per heavy atom. The molecule has 1 amide bonds. The number of β-amino-alcohol motifs (C(OH)–C–C–N with tert-alkyl or cyclic N) is 1. The van der Waals surface area contributed by atoms with Crippen LogP contribution >= 0.6 is 0 Å². The van der Waals surface area contributed by atoms with Crippen molar-refractivity contribution in [1.29, 1.82) is 0 Å². The van der Waals surface area contributed by atoms with Gasteiger partial charge in [-0.1, -0.05) is 11.2 Å². The van der Waals surface area contributed by atoms with E-state index in [1.165, 1.54) is 0 Å². The molecular weight excluding hydrogens is 332 g/mol. The number of nitrogens with one attached hydrogen (secondary N) is 1. The molecule has 2 aromatic heterocycles. The van der Waals surface area contributed by atoms with Crippen LogP contribution in [0.4, 0.5) is 0 Å². The molecule has 140 valence electrons. The Bertz CT molecular complexity index is 712. The second-order valence-corrected chi connectivity index (χ2v) is 6.93. The van der Waals surface area contributed by atoms with Gasteiger partial charge in [-0.25, -0.2) is 0 Å². The summed E-state index contributed by atoms with van der Waals surface area (Å²) in [7, 11) is 0. The molecule has 1 aliphatic rings. The van der Waals surface area contributed by atoms with E-state index in [2.05, 4.69) is 20.4 Å². The summed E-state index contributed by atoms with van der Waals surface area (Å²) in [5, 5.41) is 17.4. The fourth-order valence-corrected chi connectivity index (χ4v) is 3.34. The molecule has 1 aliphatic heterocycles. The first-order valence-electron chi connectivity index (χ1n) is 9.03. The summed E-state index contributed by atoms with van der Waals surface area (Å²) < 4.78 is 5.20. The Hall–Kier alpha value is -2.25. The lowest BCUT2D eigenvalue weighted by atomic mass is 10.0. The van der Waals surface area contributed by atoms with Crippen molar-refractivity contribution in [3.05, 3.63) is 47.1 Å². The lowest BCUT2D eigenvalue weighted by Gasteiger charge is -2.36. The van der Waals surface area contributed by atoms with Crippen molar-refractivity contribution in [1.82, 2.24) is 20.4 Å². The topological polar surface area (TPSA) is 91.5 Å². The molecule has 0 radical (unpaired) electrons. The number of aliphatic hydroxyl groups excluding tert-OH is 1. The largest absolute Gasteiger partial charge is 0.390 e. The number of amides is 1. The van der Waals surface area contributed by atoms with E-state index >= 15 is 0 Å². The first-order chi connectivity index (χ1) is 12.5. The smallest absolute Gasteiger partial charge is 0.220 e. The average molecular weight is 358 g/mol. The van der Waals surface area contributed by atoms with E-state index in [1.54, 1.807) is 12.4 Å². The zero-order valence-corrected chi connectivity index (χ0v) is 15.3. The molecule has 2 aromatic rings. The second-order valence-electron chi connectivity index (χ2n) is 6.93. The Kier molecular flexibility index (Phi) is 6.00. The average Bonchev–Trinajstić information content (AvgIpc) is 2.95. The first kappa shape index (κ1) is 18.5. The SMILES string of the molecule is Cc1noc(C)c1CN1CC[C@@H](NC(=O)CCc2cccnc2)[C@H](O)C1. The maximum absolute atomic E-state index is 12.2. The normalized spacial score (nSPS) is 20.9. The Balaban J connectivity index is 1.45. The highest BCUT2D eigenvalue weighted by Gasteiger charge is 2.29. The number of hydrogen-bond donors (Lipinski definition) is 2. The molecule has 1 fully saturated rings. The molecule has 2 N–H and O–H groups in total. The molecule has 0 unspecified atom stereocenters. The fraction of sp³-hybridized carbons (Fsp3) is 0.526. The fourth-order valence-electron chi connectivity index (χ4n) is 3.34. The van der Waals surface area contributed by atoms with Gasteiger partial charge >= 0.3 is 0 Å². The zero-order chi connectivity index (χ0) is 18.5. The molecule has 0 bridgehead atoms. The zero-order valence-electron chi connectivity index (χ0n) is 15.3. The third-order valence-corrected chi connectivity index (χ3v) is 4.94. The third-order valence-electron chi connectivity index (χ3n) is 4.94. The number of carbonyl (C=O) groups excluding carboxylic acids is 1. The van der Waals surface area contributed by atoms with Gasteiger partial charge in [-0.2, -0.15) is 0 Å². The van der Waals surface area contributed by atoms with Crippen molar-refractivity contribution < 1.29 is 14.4 Å². The van der Waals surface area contributed by atoms with Crippen molar-refractivity contribution >= 4 is 5.91 Å². The van der Waals surface area contributed by atoms with Gasteiger partial charge in [-0.15, -0.1) is 0 Å². The van der Waals surface area contributed by atoms with Gasteiger partial charge in [0.25, 0.3) is 0 Å². The number of nitrogens with zero attached hydrogens (tertiary/aromatic N) is 3. The van der Waals surface area contributed by atoms with Crippen LogP contribution in [-0.4, -0.2) is 51.3 Å². The van der Waals surface area contributed by atoms with E-state index in [4.69, 9.17) is 4.52 Å². The van der Waals surface area contributed by atoms with Crippen LogP contribution < -0.4 is 5.32 Å². The lowest BCUT2D eigenvalue weighted by Crippen LogP contribution is -2.53. The van der Waals surface area contributed by atoms with Crippen LogP contribution in [-0.2, 0) is 17.8 Å². The predicted octanol–water partition coefficient (Wildman–Crippen LogP) is 1.37. The van der Waals surface area contributed by atoms with Crippen molar-refractivity contribution in [3.8, 4) is 0 Å². The summed E-state index contributed by atoms with van der Waals surface area (Å²) in [6, 6.07) is 3.63. The van der Waals surface area contributed by atoms with Gasteiger partial charge in [0.15, 0.2) is 0 Å². The number of aryl methyl sites for hydroxylation is 3. The molecule has 0 saturated carbocycles. The molecule has 0 spiro atoms. The lowest BCUT2D eigenvalue weighted by molar-refractivity contribution is -0.123. The van der Waals surface area contributed by atoms with E-state index in [-0.39, 0.29) is 11.9 Å². The van der Waals surface area contributed by atoms with Crippen LogP contribution in [0.25, 0.3) is 0 Å². The summed E-state index contributed by atoms with van der Waals surface area (Å²) in [4.78, 5) is 18.4. The summed E-state index contributed by atoms with van der Waals surface area (Å²) in [6.45, 7) is 5.88. The first-order valence-corrected chi connectivity index (χ1v) is 9.03. The van der Waals surface area contributed by atoms with Gasteiger partial charge in [-0.05, 0) is 38.3 Å². The van der Waals surface area contributed by atoms with Gasteiger partial charge in [0.2, 0.25) is 5.91 Å². The molecule has 0 aliphatic carbocycles. The monoisotopic (exact) mass is 358 g/mol. The number of hydrogen-bond acceptors (Lipinski definition) is 6. The van der Waals surface area contributed by atoms with Gasteiger partial charge in [0.1, 0.15) is 5.76 Å². The van der Waals surface area contributed by atoms with E-state index in [0.29, 0.717) is 25.9 Å². The van der Waals surface area contributed by atoms with Crippen molar-refractivity contribution in [2.24, 2.45) is 0 Å². The molecular formula is C19H26N4O3. The molecule has 3 rings (SSSR count). The Morgan fingerprint density at radius 1 is 1.46 bits per heavy atom. The minimum Gasteiger partial charge on any atom is -0.390 e. The maximum Gasteiger partial charge on any atom is 0.220 e. The minimum atomic E-state index is -0.577. The molecule has 0 aromatic carbocycles. The number of aliphatic hydroxyl groups is 1. The molecule has 1 saturated heterocycles. The van der Waals surface area contributed by atoms with Gasteiger partial charge in [0, 0.05) is 44.0 Å². The minimum absolute atomic E-state index is 0.0305. The number of aromatic nitrogens is 2. The number of carbonyl (C=O) groups is 1. The number of pyridine rings is 1. The van der Waals surface area contributed by atoms with Crippen LogP contribution in [0.2, 0.25) is 0 Å². The summed E-state index contributed by atoms with van der Waals surface area (Å²) in [5.41, 5.74) is 3.01. The van der Waals surface area contributed by atoms with E-state index < -0.39 is 6.10 Å². The maximum atomic E-state index is 12.2. The summed E-state index contributed by atoms with van der Waals surface area (Å²) in [6.07, 6.45) is 4.69. The van der Waals surface area contributed by atoms with Crippen LogP contribution in [0, 0.1) is 13.8 Å². The molecule has 3 heterocycles. The van der Waals surface area contributed by atoms with Crippen molar-refractivity contribution in [3.63, 3.8) is 0 Å². The van der Waals surface area contributed by atoms with Gasteiger partial charge in [0.05, 0.1) is 17.8 Å². The van der Waals surface area contributed by atoms with E-state index in [1.807, 2.05) is 26.0 Å². The number of piperidine rings is 1. The van der Waals surface area contributed by atoms with E-state index in [0.717, 1.165) is 35.5 Å². The van der Waals surface area contributed by atoms with Crippen LogP contribution in [0.3, 0.4) is 0 Å². The Morgan fingerprint density at radius 2 is 2.31 bits per heavy atom. The van der Waals surface area contributed by atoms with Crippen molar-refractivity contribution in [2.75, 3.05) is 13.1 Å². The highest BCUT2D eigenvalue weighted by atomic mass is 16.5. The van der Waals surface area contributed by atoms with Gasteiger partial charge < -0.3 is 14.9 Å². The molecule has 2 atom stereocenters. The quantitative estimate of drug-likeness (QED) is 0.810. The summed E-state index contributed by atoms with van der Waals surface area (Å²) in [5.74, 6) is 0.792. The third kappa shape index (κ3) is 4.68. The highest BCUT2D eigenvalue weighted by Crippen LogP contribution is 2.19. The van der Waals surface area contributed by atoms with E-state index in [9.17, 15) is 9.90 Å². The highest BCUT2D eigenvalue weighted by molar-refractivity contribution is 5.76. The predicted molar refractivity (Wildman–Crippen MR) is 96.4 cm³/mol. The van der Waals surface area contributed by atoms with Gasteiger partial charge in [-0.3, -0.25) is 14.7 Å². The van der Waals surface area contributed by atoms with Crippen LogP contribution in [0.1, 0.15) is 35.4 Å². The van der Waals surface area contributed by atoms with Crippen molar-refractivity contribution in [2.45, 2.75) is 51.8 Å². The van der Waals surface area contributed by atoms with Crippen LogP contribution in [0.15, 0.2) is 29.0 Å². The Labute approximate surface area is 153 Å².